The van der Waals surface area contributed by atoms with Crippen LogP contribution in [0.4, 0.5) is 0 Å². The van der Waals surface area contributed by atoms with Gasteiger partial charge in [0.05, 0.1) is 14.2 Å². The summed E-state index contributed by atoms with van der Waals surface area (Å²) in [5, 5.41) is 5.84. The number of rotatable bonds is 5. The standard InChI is InChI=1S/C15H21N3O3/c1-9(2)8-16-15-17-13(14(19)18-15)10-5-11(20-3)7-12(6-10)21-4/h5-7,9,13H,8H2,1-4H3,(H2,16,17,18,19). The molecular weight excluding hydrogens is 270 g/mol. The molecule has 1 aromatic rings. The monoisotopic (exact) mass is 291 g/mol. The maximum Gasteiger partial charge on any atom is 0.253 e. The highest BCUT2D eigenvalue weighted by Crippen LogP contribution is 2.27. The molecule has 1 aliphatic heterocycles. The minimum Gasteiger partial charge on any atom is -0.497 e. The van der Waals surface area contributed by atoms with Crippen molar-refractivity contribution in [3.8, 4) is 11.5 Å². The van der Waals surface area contributed by atoms with Gasteiger partial charge >= 0.3 is 0 Å². The van der Waals surface area contributed by atoms with Gasteiger partial charge in [0.1, 0.15) is 17.5 Å². The van der Waals surface area contributed by atoms with Gasteiger partial charge in [0.15, 0.2) is 5.96 Å². The van der Waals surface area contributed by atoms with E-state index >= 15 is 0 Å². The Bertz CT molecular complexity index is 533. The molecule has 0 aromatic heterocycles. The third-order valence-electron chi connectivity index (χ3n) is 3.11. The maximum atomic E-state index is 12.1. The fraction of sp³-hybridized carbons (Fsp3) is 0.467. The fourth-order valence-corrected chi connectivity index (χ4v) is 2.02. The lowest BCUT2D eigenvalue weighted by atomic mass is 10.1. The van der Waals surface area contributed by atoms with E-state index in [1.165, 1.54) is 0 Å². The van der Waals surface area contributed by atoms with Crippen molar-refractivity contribution in [2.45, 2.75) is 19.9 Å². The van der Waals surface area contributed by atoms with Crippen LogP contribution in [0.2, 0.25) is 0 Å². The number of carbonyl (C=O) groups is 1. The van der Waals surface area contributed by atoms with Crippen LogP contribution < -0.4 is 20.1 Å². The SMILES string of the molecule is COc1cc(OC)cc(C2NC(=NCC(C)C)NC2=O)c1. The third-order valence-corrected chi connectivity index (χ3v) is 3.11. The molecule has 1 amide bonds. The largest absolute Gasteiger partial charge is 0.497 e. The predicted molar refractivity (Wildman–Crippen MR) is 80.7 cm³/mol. The second kappa shape index (κ2) is 6.47. The van der Waals surface area contributed by atoms with Gasteiger partial charge in [-0.3, -0.25) is 15.1 Å². The molecule has 6 nitrogen and oxygen atoms in total. The predicted octanol–water partition coefficient (Wildman–Crippen LogP) is 1.48. The van der Waals surface area contributed by atoms with Crippen molar-refractivity contribution in [1.82, 2.24) is 10.6 Å². The Balaban J connectivity index is 2.22. The van der Waals surface area contributed by atoms with Crippen molar-refractivity contribution in [3.05, 3.63) is 23.8 Å². The Morgan fingerprint density at radius 2 is 1.81 bits per heavy atom. The Labute approximate surface area is 124 Å². The molecule has 1 saturated heterocycles. The zero-order valence-electron chi connectivity index (χ0n) is 12.8. The van der Waals surface area contributed by atoms with Crippen molar-refractivity contribution >= 4 is 11.9 Å². The summed E-state index contributed by atoms with van der Waals surface area (Å²) in [6.07, 6.45) is 0. The van der Waals surface area contributed by atoms with Crippen LogP contribution in [0, 0.1) is 5.92 Å². The van der Waals surface area contributed by atoms with E-state index in [1.54, 1.807) is 20.3 Å². The molecule has 0 bridgehead atoms. The number of hydrogen-bond donors (Lipinski definition) is 2. The molecule has 114 valence electrons. The van der Waals surface area contributed by atoms with Crippen LogP contribution in [0.25, 0.3) is 0 Å². The number of nitrogens with zero attached hydrogens (tertiary/aromatic N) is 1. The zero-order chi connectivity index (χ0) is 15.4. The van der Waals surface area contributed by atoms with Crippen molar-refractivity contribution < 1.29 is 14.3 Å². The van der Waals surface area contributed by atoms with Gasteiger partial charge in [-0.05, 0) is 23.6 Å². The number of amides is 1. The molecule has 1 heterocycles. The number of benzene rings is 1. The minimum atomic E-state index is -0.486. The molecule has 6 heteroatoms. The van der Waals surface area contributed by atoms with Gasteiger partial charge in [-0.2, -0.15) is 0 Å². The second-order valence-electron chi connectivity index (χ2n) is 5.30. The van der Waals surface area contributed by atoms with E-state index in [1.807, 2.05) is 12.1 Å². The number of aliphatic imine (C=N–C) groups is 1. The van der Waals surface area contributed by atoms with Crippen LogP contribution in [-0.2, 0) is 4.79 Å². The summed E-state index contributed by atoms with van der Waals surface area (Å²) in [4.78, 5) is 16.4. The first-order valence-electron chi connectivity index (χ1n) is 6.88. The van der Waals surface area contributed by atoms with E-state index in [4.69, 9.17) is 9.47 Å². The summed E-state index contributed by atoms with van der Waals surface area (Å²) in [5.41, 5.74) is 0.776. The Morgan fingerprint density at radius 3 is 2.33 bits per heavy atom. The molecule has 1 fully saturated rings. The first-order valence-corrected chi connectivity index (χ1v) is 6.88. The van der Waals surface area contributed by atoms with Crippen molar-refractivity contribution in [3.63, 3.8) is 0 Å². The van der Waals surface area contributed by atoms with Gasteiger partial charge in [0, 0.05) is 12.6 Å². The third kappa shape index (κ3) is 3.65. The van der Waals surface area contributed by atoms with Gasteiger partial charge in [-0.25, -0.2) is 0 Å². The summed E-state index contributed by atoms with van der Waals surface area (Å²) in [5.74, 6) is 2.11. The van der Waals surface area contributed by atoms with Gasteiger partial charge in [0.2, 0.25) is 0 Å². The zero-order valence-corrected chi connectivity index (χ0v) is 12.8. The van der Waals surface area contributed by atoms with Crippen molar-refractivity contribution in [2.24, 2.45) is 10.9 Å². The quantitative estimate of drug-likeness (QED) is 0.862. The Hall–Kier alpha value is -2.24. The van der Waals surface area contributed by atoms with E-state index < -0.39 is 6.04 Å². The van der Waals surface area contributed by atoms with E-state index in [-0.39, 0.29) is 5.91 Å². The topological polar surface area (TPSA) is 72.0 Å². The van der Waals surface area contributed by atoms with E-state index in [2.05, 4.69) is 29.5 Å². The van der Waals surface area contributed by atoms with Gasteiger partial charge < -0.3 is 14.8 Å². The highest BCUT2D eigenvalue weighted by Gasteiger charge is 2.30. The van der Waals surface area contributed by atoms with Crippen LogP contribution in [0.15, 0.2) is 23.2 Å². The molecule has 1 atom stereocenters. The lowest BCUT2D eigenvalue weighted by Gasteiger charge is -2.12. The summed E-state index contributed by atoms with van der Waals surface area (Å²) >= 11 is 0. The van der Waals surface area contributed by atoms with Crippen LogP contribution in [-0.4, -0.2) is 32.6 Å². The van der Waals surface area contributed by atoms with Crippen LogP contribution in [0.5, 0.6) is 11.5 Å². The number of ether oxygens (including phenoxy) is 2. The van der Waals surface area contributed by atoms with Crippen LogP contribution in [0.1, 0.15) is 25.5 Å². The molecule has 0 spiro atoms. The van der Waals surface area contributed by atoms with E-state index in [9.17, 15) is 4.79 Å². The molecule has 1 aromatic carbocycles. The maximum absolute atomic E-state index is 12.1. The fourth-order valence-electron chi connectivity index (χ4n) is 2.02. The highest BCUT2D eigenvalue weighted by atomic mass is 16.5. The van der Waals surface area contributed by atoms with Gasteiger partial charge in [-0.15, -0.1) is 0 Å². The summed E-state index contributed by atoms with van der Waals surface area (Å²) < 4.78 is 10.5. The molecule has 0 saturated carbocycles. The molecular formula is C15H21N3O3. The van der Waals surface area contributed by atoms with E-state index in [0.29, 0.717) is 29.9 Å². The van der Waals surface area contributed by atoms with E-state index in [0.717, 1.165) is 5.56 Å². The number of nitrogens with one attached hydrogen (secondary N) is 2. The first kappa shape index (κ1) is 15.2. The number of hydrogen-bond acceptors (Lipinski definition) is 4. The molecule has 1 aliphatic rings. The number of methoxy groups -OCH3 is 2. The minimum absolute atomic E-state index is 0.132. The van der Waals surface area contributed by atoms with Crippen LogP contribution >= 0.6 is 0 Å². The Kier molecular flexibility index (Phi) is 4.67. The average molecular weight is 291 g/mol. The highest BCUT2D eigenvalue weighted by molar-refractivity contribution is 6.06. The summed E-state index contributed by atoms with van der Waals surface area (Å²) in [6, 6.07) is 4.90. The first-order chi connectivity index (χ1) is 10.0. The average Bonchev–Trinajstić information content (AvgIpc) is 2.85. The molecule has 0 aliphatic carbocycles. The lowest BCUT2D eigenvalue weighted by Crippen LogP contribution is -2.26. The second-order valence-corrected chi connectivity index (χ2v) is 5.30. The van der Waals surface area contributed by atoms with Crippen molar-refractivity contribution in [1.29, 1.82) is 0 Å². The summed E-state index contributed by atoms with van der Waals surface area (Å²) in [6.45, 7) is 4.81. The van der Waals surface area contributed by atoms with Gasteiger partial charge in [0.25, 0.3) is 5.91 Å². The molecule has 21 heavy (non-hydrogen) atoms. The van der Waals surface area contributed by atoms with Gasteiger partial charge in [-0.1, -0.05) is 13.8 Å². The number of guanidine groups is 1. The molecule has 2 N–H and O–H groups in total. The van der Waals surface area contributed by atoms with Crippen molar-refractivity contribution in [2.75, 3.05) is 20.8 Å². The molecule has 2 rings (SSSR count). The Morgan fingerprint density at radius 1 is 1.19 bits per heavy atom. The lowest BCUT2D eigenvalue weighted by molar-refractivity contribution is -0.120. The smallest absolute Gasteiger partial charge is 0.253 e. The van der Waals surface area contributed by atoms with Crippen LogP contribution in [0.3, 0.4) is 0 Å². The normalized spacial score (nSPS) is 19.6. The molecule has 0 radical (unpaired) electrons. The number of carbonyl (C=O) groups excluding carboxylic acids is 1. The molecule has 1 unspecified atom stereocenters. The summed E-state index contributed by atoms with van der Waals surface area (Å²) in [7, 11) is 3.16.